The highest BCUT2D eigenvalue weighted by atomic mass is 32.2. The molecular formula is C11H19N5O2S. The summed E-state index contributed by atoms with van der Waals surface area (Å²) in [5, 5.41) is 13.8. The first kappa shape index (κ1) is 14.1. The third-order valence-electron chi connectivity index (χ3n) is 3.28. The average molecular weight is 285 g/mol. The van der Waals surface area contributed by atoms with E-state index in [1.54, 1.807) is 17.1 Å². The first-order valence-electron chi connectivity index (χ1n) is 6.31. The second-order valence-electron chi connectivity index (χ2n) is 4.75. The summed E-state index contributed by atoms with van der Waals surface area (Å²) in [5.41, 5.74) is 0.331. The van der Waals surface area contributed by atoms with Gasteiger partial charge in [0.2, 0.25) is 0 Å². The molecule has 1 aliphatic rings. The van der Waals surface area contributed by atoms with Crippen molar-refractivity contribution < 1.29 is 9.00 Å². The maximum atomic E-state index is 11.8. The number of hydrogen-bond donors (Lipinski definition) is 2. The van der Waals surface area contributed by atoms with Crippen molar-refractivity contribution in [2.75, 3.05) is 25.9 Å². The smallest absolute Gasteiger partial charge is 0.273 e. The lowest BCUT2D eigenvalue weighted by atomic mass is 10.2. The Morgan fingerprint density at radius 2 is 2.42 bits per heavy atom. The third kappa shape index (κ3) is 3.60. The zero-order valence-corrected chi connectivity index (χ0v) is 11.9. The fourth-order valence-corrected chi connectivity index (χ4v) is 2.11. The van der Waals surface area contributed by atoms with Crippen LogP contribution in [0.25, 0.3) is 0 Å². The van der Waals surface area contributed by atoms with Gasteiger partial charge in [-0.15, -0.1) is 5.10 Å². The normalized spacial score (nSPS) is 18.6. The van der Waals surface area contributed by atoms with Crippen LogP contribution >= 0.6 is 0 Å². The molecular weight excluding hydrogens is 266 g/mol. The number of carbonyl (C=O) groups excluding carboxylic acids is 1. The van der Waals surface area contributed by atoms with Crippen LogP contribution in [0.15, 0.2) is 6.20 Å². The molecule has 19 heavy (non-hydrogen) atoms. The number of rotatable bonds is 6. The fraction of sp³-hybridized carbons (Fsp3) is 0.727. The molecule has 1 aromatic rings. The van der Waals surface area contributed by atoms with Crippen LogP contribution in [0.1, 0.15) is 29.9 Å². The molecule has 0 aliphatic carbocycles. The van der Waals surface area contributed by atoms with Crippen molar-refractivity contribution in [3.8, 4) is 0 Å². The molecule has 106 valence electrons. The number of aromatic nitrogens is 3. The number of amides is 1. The van der Waals surface area contributed by atoms with Gasteiger partial charge in [0.25, 0.3) is 5.91 Å². The average Bonchev–Trinajstić information content (AvgIpc) is 2.75. The first-order valence-corrected chi connectivity index (χ1v) is 7.93. The largest absolute Gasteiger partial charge is 0.351 e. The van der Waals surface area contributed by atoms with Crippen LogP contribution < -0.4 is 10.6 Å². The van der Waals surface area contributed by atoms with Crippen LogP contribution in [0.3, 0.4) is 0 Å². The number of hydrogen-bond acceptors (Lipinski definition) is 5. The summed E-state index contributed by atoms with van der Waals surface area (Å²) >= 11 is 0. The van der Waals surface area contributed by atoms with Gasteiger partial charge >= 0.3 is 0 Å². The number of nitrogens with one attached hydrogen (secondary N) is 2. The lowest BCUT2D eigenvalue weighted by molar-refractivity contribution is 0.0948. The van der Waals surface area contributed by atoms with Gasteiger partial charge in [-0.1, -0.05) is 12.1 Å². The number of carbonyl (C=O) groups is 1. The van der Waals surface area contributed by atoms with Gasteiger partial charge < -0.3 is 10.6 Å². The lowest BCUT2D eigenvalue weighted by Gasteiger charge is -2.26. The van der Waals surface area contributed by atoms with Gasteiger partial charge in [-0.05, 0) is 6.42 Å². The maximum Gasteiger partial charge on any atom is 0.273 e. The Hall–Kier alpha value is -1.28. The van der Waals surface area contributed by atoms with Gasteiger partial charge in [-0.3, -0.25) is 9.00 Å². The molecule has 2 heterocycles. The van der Waals surface area contributed by atoms with E-state index in [1.807, 2.05) is 6.92 Å². The topological polar surface area (TPSA) is 88.9 Å². The van der Waals surface area contributed by atoms with E-state index in [0.717, 1.165) is 13.1 Å². The van der Waals surface area contributed by atoms with Gasteiger partial charge in [0.1, 0.15) is 0 Å². The van der Waals surface area contributed by atoms with E-state index in [1.165, 1.54) is 0 Å². The van der Waals surface area contributed by atoms with E-state index >= 15 is 0 Å². The monoisotopic (exact) mass is 285 g/mol. The minimum Gasteiger partial charge on any atom is -0.351 e. The van der Waals surface area contributed by atoms with Gasteiger partial charge in [-0.25, -0.2) is 4.68 Å². The molecule has 0 saturated carbocycles. The van der Waals surface area contributed by atoms with Crippen LogP contribution in [0.5, 0.6) is 0 Å². The molecule has 0 aromatic carbocycles. The van der Waals surface area contributed by atoms with Gasteiger partial charge in [0.15, 0.2) is 5.69 Å². The lowest BCUT2D eigenvalue weighted by Crippen LogP contribution is -2.43. The van der Waals surface area contributed by atoms with E-state index in [2.05, 4.69) is 20.9 Å². The van der Waals surface area contributed by atoms with Crippen molar-refractivity contribution in [3.05, 3.63) is 11.9 Å². The summed E-state index contributed by atoms with van der Waals surface area (Å²) in [4.78, 5) is 11.8. The molecule has 7 nitrogen and oxygen atoms in total. The zero-order chi connectivity index (χ0) is 13.8. The quantitative estimate of drug-likeness (QED) is 0.722. The summed E-state index contributed by atoms with van der Waals surface area (Å²) in [6.07, 6.45) is 4.03. The number of nitrogens with zero attached hydrogens (tertiary/aromatic N) is 3. The van der Waals surface area contributed by atoms with Crippen LogP contribution in [-0.2, 0) is 10.8 Å². The highest BCUT2D eigenvalue weighted by Crippen LogP contribution is 2.09. The molecule has 2 unspecified atom stereocenters. The van der Waals surface area contributed by atoms with Gasteiger partial charge in [0.05, 0.1) is 12.2 Å². The first-order chi connectivity index (χ1) is 9.08. The van der Waals surface area contributed by atoms with Gasteiger partial charge in [-0.2, -0.15) is 0 Å². The Kier molecular flexibility index (Phi) is 4.65. The van der Waals surface area contributed by atoms with Crippen LogP contribution in [-0.4, -0.2) is 56.2 Å². The minimum absolute atomic E-state index is 0.0806. The second kappa shape index (κ2) is 6.25. The van der Waals surface area contributed by atoms with Crippen molar-refractivity contribution in [2.45, 2.75) is 24.6 Å². The van der Waals surface area contributed by atoms with Crippen LogP contribution in [0.2, 0.25) is 0 Å². The summed E-state index contributed by atoms with van der Waals surface area (Å²) in [6.45, 7) is 4.13. The molecule has 2 atom stereocenters. The summed E-state index contributed by atoms with van der Waals surface area (Å²) in [5.74, 6) is -0.229. The predicted molar refractivity (Wildman–Crippen MR) is 72.4 cm³/mol. The zero-order valence-electron chi connectivity index (χ0n) is 11.1. The molecule has 2 rings (SSSR count). The summed E-state index contributed by atoms with van der Waals surface area (Å²) in [6, 6.07) is 0.302. The van der Waals surface area contributed by atoms with Crippen LogP contribution in [0, 0.1) is 0 Å². The minimum atomic E-state index is -0.856. The molecule has 1 fully saturated rings. The molecule has 1 saturated heterocycles. The molecule has 0 bridgehead atoms. The van der Waals surface area contributed by atoms with E-state index in [9.17, 15) is 9.00 Å². The highest BCUT2D eigenvalue weighted by Gasteiger charge is 2.21. The van der Waals surface area contributed by atoms with E-state index in [4.69, 9.17) is 0 Å². The predicted octanol–water partition coefficient (Wildman–Crippen LogP) is -0.691. The molecule has 0 radical (unpaired) electrons. The van der Waals surface area contributed by atoms with Crippen LogP contribution in [0.4, 0.5) is 0 Å². The molecule has 2 N–H and O–H groups in total. The Morgan fingerprint density at radius 1 is 1.68 bits per heavy atom. The van der Waals surface area contributed by atoms with Crippen molar-refractivity contribution in [2.24, 2.45) is 0 Å². The Labute approximate surface area is 114 Å². The van der Waals surface area contributed by atoms with Crippen molar-refractivity contribution in [1.29, 1.82) is 0 Å². The SMILES string of the molecule is CC(CCNC(=O)c1cn(C2CNC2)nn1)S(C)=O. The van der Waals surface area contributed by atoms with E-state index in [-0.39, 0.29) is 11.2 Å². The third-order valence-corrected chi connectivity index (χ3v) is 4.65. The van der Waals surface area contributed by atoms with Crippen molar-refractivity contribution in [1.82, 2.24) is 25.6 Å². The maximum absolute atomic E-state index is 11.8. The molecule has 8 heteroatoms. The Balaban J connectivity index is 1.79. The molecule has 1 amide bonds. The summed E-state index contributed by atoms with van der Waals surface area (Å²) < 4.78 is 12.9. The van der Waals surface area contributed by atoms with E-state index in [0.29, 0.717) is 24.7 Å². The van der Waals surface area contributed by atoms with Gasteiger partial charge in [0, 0.05) is 41.9 Å². The fourth-order valence-electron chi connectivity index (χ4n) is 1.67. The highest BCUT2D eigenvalue weighted by molar-refractivity contribution is 7.84. The standard InChI is InChI=1S/C11H19N5O2S/c1-8(19(2)18)3-4-13-11(17)10-7-16(15-14-10)9-5-12-6-9/h7-9,12H,3-6H2,1-2H3,(H,13,17). The second-order valence-corrected chi connectivity index (χ2v) is 6.55. The summed E-state index contributed by atoms with van der Waals surface area (Å²) in [7, 11) is -0.856. The molecule has 0 spiro atoms. The molecule has 1 aromatic heterocycles. The van der Waals surface area contributed by atoms with Crippen molar-refractivity contribution in [3.63, 3.8) is 0 Å². The molecule has 1 aliphatic heterocycles. The van der Waals surface area contributed by atoms with Crippen molar-refractivity contribution >= 4 is 16.7 Å². The Morgan fingerprint density at radius 3 is 3.00 bits per heavy atom. The van der Waals surface area contributed by atoms with E-state index < -0.39 is 10.8 Å². The Bertz CT molecular complexity index is 471.